The van der Waals surface area contributed by atoms with E-state index in [4.69, 9.17) is 10.3 Å². The quantitative estimate of drug-likeness (QED) is 0.848. The molecule has 142 valence electrons. The largest absolute Gasteiger partial charge is 0.363 e. The number of rotatable bonds is 5. The first-order chi connectivity index (χ1) is 13.0. The number of primary amides is 1. The molecule has 27 heavy (non-hydrogen) atoms. The number of piperidine rings is 1. The van der Waals surface area contributed by atoms with Crippen molar-refractivity contribution in [3.05, 3.63) is 47.6 Å². The van der Waals surface area contributed by atoms with E-state index in [1.165, 1.54) is 5.56 Å². The molecule has 0 unspecified atom stereocenters. The number of benzene rings is 1. The average Bonchev–Trinajstić information content (AvgIpc) is 3.24. The summed E-state index contributed by atoms with van der Waals surface area (Å²) < 4.78 is 5.08. The lowest BCUT2D eigenvalue weighted by Crippen LogP contribution is -2.41. The third-order valence-corrected chi connectivity index (χ3v) is 5.59. The smallest absolute Gasteiger partial charge is 0.290 e. The van der Waals surface area contributed by atoms with E-state index in [1.54, 1.807) is 0 Å². The number of amides is 2. The van der Waals surface area contributed by atoms with Crippen molar-refractivity contribution in [1.29, 1.82) is 0 Å². The molecular weight excluding hydrogens is 346 g/mol. The maximum absolute atomic E-state index is 12.5. The second kappa shape index (κ2) is 7.11. The van der Waals surface area contributed by atoms with E-state index in [0.717, 1.165) is 32.5 Å². The van der Waals surface area contributed by atoms with Crippen LogP contribution in [0.25, 0.3) is 0 Å². The van der Waals surface area contributed by atoms with Crippen molar-refractivity contribution in [3.8, 4) is 0 Å². The minimum absolute atomic E-state index is 0.0651. The summed E-state index contributed by atoms with van der Waals surface area (Å²) in [7, 11) is 0. The lowest BCUT2D eigenvalue weighted by Gasteiger charge is -2.38. The predicted molar refractivity (Wildman–Crippen MR) is 96.2 cm³/mol. The Morgan fingerprint density at radius 3 is 2.59 bits per heavy atom. The standard InChI is InChI=1S/C19H23N5O3/c20-17(26)18-21-15(27-22-18)12-23-8-6-19(7-9-23)10-16(25)24(13-19)11-14-4-2-1-3-5-14/h1-5H,6-13H2,(H2,20,26). The van der Waals surface area contributed by atoms with Gasteiger partial charge in [-0.25, -0.2) is 0 Å². The Morgan fingerprint density at radius 1 is 1.19 bits per heavy atom. The summed E-state index contributed by atoms with van der Waals surface area (Å²) in [5.74, 6) is -0.134. The van der Waals surface area contributed by atoms with Crippen molar-refractivity contribution in [3.63, 3.8) is 0 Å². The van der Waals surface area contributed by atoms with E-state index in [9.17, 15) is 9.59 Å². The molecule has 3 heterocycles. The number of nitrogens with zero attached hydrogens (tertiary/aromatic N) is 4. The first kappa shape index (κ1) is 17.7. The Morgan fingerprint density at radius 2 is 1.93 bits per heavy atom. The molecule has 0 saturated carbocycles. The molecule has 2 aliphatic rings. The summed E-state index contributed by atoms with van der Waals surface area (Å²) in [6.07, 6.45) is 2.54. The monoisotopic (exact) mass is 369 g/mol. The summed E-state index contributed by atoms with van der Waals surface area (Å²) in [6, 6.07) is 10.1. The Balaban J connectivity index is 1.33. The van der Waals surface area contributed by atoms with E-state index >= 15 is 0 Å². The van der Waals surface area contributed by atoms with Crippen LogP contribution in [0.2, 0.25) is 0 Å². The van der Waals surface area contributed by atoms with Gasteiger partial charge < -0.3 is 15.2 Å². The molecule has 2 aromatic rings. The fourth-order valence-corrected chi connectivity index (χ4v) is 4.06. The van der Waals surface area contributed by atoms with Gasteiger partial charge in [-0.2, -0.15) is 4.98 Å². The molecule has 4 rings (SSSR count). The Bertz CT molecular complexity index is 827. The lowest BCUT2D eigenvalue weighted by molar-refractivity contribution is -0.128. The molecule has 2 amide bonds. The highest BCUT2D eigenvalue weighted by Gasteiger charge is 2.44. The zero-order valence-corrected chi connectivity index (χ0v) is 15.1. The topological polar surface area (TPSA) is 106 Å². The Kier molecular flexibility index (Phi) is 4.65. The van der Waals surface area contributed by atoms with Gasteiger partial charge in [0.15, 0.2) is 0 Å². The number of carbonyl (C=O) groups is 2. The molecule has 2 N–H and O–H groups in total. The predicted octanol–water partition coefficient (Wildman–Crippen LogP) is 1.18. The number of nitrogens with two attached hydrogens (primary N) is 1. The van der Waals surface area contributed by atoms with Gasteiger partial charge in [-0.05, 0) is 36.9 Å². The van der Waals surface area contributed by atoms with Crippen LogP contribution in [0.4, 0.5) is 0 Å². The van der Waals surface area contributed by atoms with Gasteiger partial charge in [0.05, 0.1) is 6.54 Å². The van der Waals surface area contributed by atoms with Crippen LogP contribution in [-0.4, -0.2) is 51.4 Å². The molecule has 1 aromatic carbocycles. The van der Waals surface area contributed by atoms with Crippen LogP contribution in [-0.2, 0) is 17.9 Å². The second-order valence-electron chi connectivity index (χ2n) is 7.56. The van der Waals surface area contributed by atoms with Gasteiger partial charge in [-0.3, -0.25) is 14.5 Å². The highest BCUT2D eigenvalue weighted by molar-refractivity contribution is 5.88. The third kappa shape index (κ3) is 3.85. The average molecular weight is 369 g/mol. The van der Waals surface area contributed by atoms with Crippen molar-refractivity contribution >= 4 is 11.8 Å². The summed E-state index contributed by atoms with van der Waals surface area (Å²) in [5.41, 5.74) is 6.38. The van der Waals surface area contributed by atoms with Crippen LogP contribution >= 0.6 is 0 Å². The zero-order chi connectivity index (χ0) is 18.9. The molecule has 1 spiro atoms. The summed E-state index contributed by atoms with van der Waals surface area (Å²) in [6.45, 7) is 3.73. The van der Waals surface area contributed by atoms with Gasteiger partial charge >= 0.3 is 0 Å². The maximum atomic E-state index is 12.5. The maximum Gasteiger partial charge on any atom is 0.290 e. The first-order valence-corrected chi connectivity index (χ1v) is 9.19. The summed E-state index contributed by atoms with van der Waals surface area (Å²) in [5, 5.41) is 3.57. The van der Waals surface area contributed by atoms with Crippen molar-refractivity contribution in [1.82, 2.24) is 19.9 Å². The minimum Gasteiger partial charge on any atom is -0.363 e. The normalized spacial score (nSPS) is 19.7. The number of carbonyl (C=O) groups excluding carboxylic acids is 2. The Hall–Kier alpha value is -2.74. The molecule has 2 fully saturated rings. The molecule has 8 heteroatoms. The van der Waals surface area contributed by atoms with Crippen molar-refractivity contribution < 1.29 is 14.1 Å². The van der Waals surface area contributed by atoms with Gasteiger partial charge in [-0.1, -0.05) is 35.5 Å². The lowest BCUT2D eigenvalue weighted by atomic mass is 9.77. The summed E-state index contributed by atoms with van der Waals surface area (Å²) >= 11 is 0. The van der Waals surface area contributed by atoms with E-state index in [1.807, 2.05) is 23.1 Å². The molecule has 2 aliphatic heterocycles. The number of likely N-dealkylation sites (tertiary alicyclic amines) is 2. The molecule has 0 aliphatic carbocycles. The molecule has 0 bridgehead atoms. The molecular formula is C19H23N5O3. The fourth-order valence-electron chi connectivity index (χ4n) is 4.06. The van der Waals surface area contributed by atoms with Crippen LogP contribution in [0.3, 0.4) is 0 Å². The number of hydrogen-bond donors (Lipinski definition) is 1. The van der Waals surface area contributed by atoms with Crippen LogP contribution in [0.5, 0.6) is 0 Å². The highest BCUT2D eigenvalue weighted by Crippen LogP contribution is 2.41. The number of aromatic nitrogens is 2. The second-order valence-corrected chi connectivity index (χ2v) is 7.56. The molecule has 2 saturated heterocycles. The van der Waals surface area contributed by atoms with Crippen LogP contribution in [0, 0.1) is 5.41 Å². The van der Waals surface area contributed by atoms with Gasteiger partial charge in [0.25, 0.3) is 11.7 Å². The fraction of sp³-hybridized carbons (Fsp3) is 0.474. The Labute approximate surface area is 157 Å². The molecule has 0 atom stereocenters. The van der Waals surface area contributed by atoms with E-state index in [2.05, 4.69) is 27.2 Å². The third-order valence-electron chi connectivity index (χ3n) is 5.59. The van der Waals surface area contributed by atoms with Gasteiger partial charge in [-0.15, -0.1) is 0 Å². The van der Waals surface area contributed by atoms with Gasteiger partial charge in [0, 0.05) is 19.5 Å². The summed E-state index contributed by atoms with van der Waals surface area (Å²) in [4.78, 5) is 31.8. The van der Waals surface area contributed by atoms with Crippen molar-refractivity contribution in [2.45, 2.75) is 32.4 Å². The van der Waals surface area contributed by atoms with Crippen molar-refractivity contribution in [2.75, 3.05) is 19.6 Å². The van der Waals surface area contributed by atoms with Gasteiger partial charge in [0.1, 0.15) is 0 Å². The highest BCUT2D eigenvalue weighted by atomic mass is 16.5. The van der Waals surface area contributed by atoms with Crippen LogP contribution < -0.4 is 5.73 Å². The molecule has 1 aromatic heterocycles. The first-order valence-electron chi connectivity index (χ1n) is 9.19. The van der Waals surface area contributed by atoms with Crippen LogP contribution in [0.15, 0.2) is 34.9 Å². The minimum atomic E-state index is -0.689. The van der Waals surface area contributed by atoms with E-state index < -0.39 is 5.91 Å². The number of hydrogen-bond acceptors (Lipinski definition) is 6. The zero-order valence-electron chi connectivity index (χ0n) is 15.1. The molecule has 0 radical (unpaired) electrons. The van der Waals surface area contributed by atoms with E-state index in [-0.39, 0.29) is 17.1 Å². The molecule has 8 nitrogen and oxygen atoms in total. The van der Waals surface area contributed by atoms with Gasteiger partial charge in [0.2, 0.25) is 11.8 Å². The SMILES string of the molecule is NC(=O)c1noc(CN2CCC3(CC2)CC(=O)N(Cc2ccccc2)C3)n1. The van der Waals surface area contributed by atoms with E-state index in [0.29, 0.717) is 25.4 Å². The van der Waals surface area contributed by atoms with Crippen molar-refractivity contribution in [2.24, 2.45) is 11.1 Å². The van der Waals surface area contributed by atoms with Crippen LogP contribution in [0.1, 0.15) is 41.3 Å².